The first-order valence-corrected chi connectivity index (χ1v) is 11.7. The number of nitrogens with zero attached hydrogens (tertiary/aromatic N) is 4. The van der Waals surface area contributed by atoms with Gasteiger partial charge in [-0.2, -0.15) is 4.98 Å². The van der Waals surface area contributed by atoms with Crippen molar-refractivity contribution < 1.29 is 34.0 Å². The normalized spacial score (nSPS) is 27.9. The van der Waals surface area contributed by atoms with Gasteiger partial charge in [0.1, 0.15) is 30.8 Å². The summed E-state index contributed by atoms with van der Waals surface area (Å²) in [6.45, 7) is -0.305. The summed E-state index contributed by atoms with van der Waals surface area (Å²) in [6, 6.07) is 0.269. The van der Waals surface area contributed by atoms with Gasteiger partial charge in [0.05, 0.1) is 18.5 Å². The first kappa shape index (κ1) is 21.8. The molecular weight excluding hydrogens is 441 g/mol. The topological polar surface area (TPSA) is 172 Å². The fourth-order valence-electron chi connectivity index (χ4n) is 3.85. The van der Waals surface area contributed by atoms with E-state index in [4.69, 9.17) is 30.9 Å². The summed E-state index contributed by atoms with van der Waals surface area (Å²) in [7, 11) is -4.35. The van der Waals surface area contributed by atoms with Gasteiger partial charge in [0.2, 0.25) is 5.28 Å². The van der Waals surface area contributed by atoms with Crippen molar-refractivity contribution in [1.82, 2.24) is 19.6 Å². The molecule has 2 aliphatic rings. The van der Waals surface area contributed by atoms with Crippen molar-refractivity contribution >= 4 is 30.7 Å². The third kappa shape index (κ3) is 4.61. The van der Waals surface area contributed by atoms with E-state index in [2.05, 4.69) is 20.4 Å². The van der Waals surface area contributed by atoms with Crippen LogP contribution in [0.25, 0.3) is 5.65 Å². The van der Waals surface area contributed by atoms with Gasteiger partial charge in [-0.25, -0.2) is 9.50 Å². The van der Waals surface area contributed by atoms with Crippen molar-refractivity contribution in [2.75, 3.05) is 18.3 Å². The van der Waals surface area contributed by atoms with Crippen molar-refractivity contribution in [3.05, 3.63) is 17.2 Å². The first-order chi connectivity index (χ1) is 14.2. The lowest BCUT2D eigenvalue weighted by atomic mass is 10.1. The second-order valence-corrected chi connectivity index (χ2v) is 9.44. The Labute approximate surface area is 176 Å². The maximum atomic E-state index is 10.9. The highest BCUT2D eigenvalue weighted by atomic mass is 35.5. The third-order valence-electron chi connectivity index (χ3n) is 5.25. The van der Waals surface area contributed by atoms with Crippen LogP contribution in [-0.4, -0.2) is 76.9 Å². The number of imidazole rings is 1. The molecule has 4 rings (SSSR count). The Hall–Kier alpha value is -1.37. The molecule has 0 amide bonds. The molecular formula is C16H23ClN5O7P. The first-order valence-electron chi connectivity index (χ1n) is 9.54. The summed E-state index contributed by atoms with van der Waals surface area (Å²) in [6.07, 6.45) is 0.325. The number of aliphatic hydroxyl groups excluding tert-OH is 2. The second kappa shape index (κ2) is 8.64. The van der Waals surface area contributed by atoms with Crippen molar-refractivity contribution in [3.63, 3.8) is 0 Å². The number of fused-ring (bicyclic) bond motifs is 1. The number of aromatic nitrogens is 4. The molecule has 0 bridgehead atoms. The van der Waals surface area contributed by atoms with Crippen LogP contribution in [0.4, 0.5) is 5.82 Å². The van der Waals surface area contributed by atoms with Gasteiger partial charge in [0, 0.05) is 6.04 Å². The molecule has 1 saturated heterocycles. The van der Waals surface area contributed by atoms with Crippen LogP contribution in [0.2, 0.25) is 5.28 Å². The van der Waals surface area contributed by atoms with Crippen molar-refractivity contribution in [3.8, 4) is 0 Å². The zero-order valence-electron chi connectivity index (χ0n) is 15.8. The van der Waals surface area contributed by atoms with E-state index in [1.54, 1.807) is 0 Å². The molecule has 1 aliphatic carbocycles. The highest BCUT2D eigenvalue weighted by Gasteiger charge is 2.45. The summed E-state index contributed by atoms with van der Waals surface area (Å²) in [5, 5.41) is 28.2. The predicted octanol–water partition coefficient (Wildman–Crippen LogP) is 0.446. The lowest BCUT2D eigenvalue weighted by Gasteiger charge is -2.16. The van der Waals surface area contributed by atoms with Gasteiger partial charge in [-0.05, 0) is 24.4 Å². The Kier molecular flexibility index (Phi) is 6.29. The monoisotopic (exact) mass is 463 g/mol. The minimum Gasteiger partial charge on any atom is -0.387 e. The molecule has 5 N–H and O–H groups in total. The number of aliphatic hydroxyl groups is 2. The fraction of sp³-hybridized carbons (Fsp3) is 0.688. The molecule has 0 radical (unpaired) electrons. The van der Waals surface area contributed by atoms with Gasteiger partial charge in [0.15, 0.2) is 11.5 Å². The number of anilines is 1. The molecule has 0 spiro atoms. The van der Waals surface area contributed by atoms with Crippen LogP contribution >= 0.6 is 19.2 Å². The quantitative estimate of drug-likeness (QED) is 0.361. The van der Waals surface area contributed by atoms with E-state index < -0.39 is 38.4 Å². The van der Waals surface area contributed by atoms with E-state index in [0.717, 1.165) is 25.7 Å². The van der Waals surface area contributed by atoms with Crippen molar-refractivity contribution in [2.24, 2.45) is 0 Å². The van der Waals surface area contributed by atoms with E-state index in [1.165, 1.54) is 10.7 Å². The summed E-state index contributed by atoms with van der Waals surface area (Å²) in [5.74, 6) is 0.475. The number of hydrogen-bond acceptors (Lipinski definition) is 9. The van der Waals surface area contributed by atoms with E-state index in [0.29, 0.717) is 17.2 Å². The van der Waals surface area contributed by atoms with Gasteiger partial charge in [-0.3, -0.25) is 4.57 Å². The lowest BCUT2D eigenvalue weighted by molar-refractivity contribution is -0.0402. The van der Waals surface area contributed by atoms with Crippen LogP contribution in [0.5, 0.6) is 0 Å². The van der Waals surface area contributed by atoms with E-state index in [9.17, 15) is 14.8 Å². The SMILES string of the molecule is O=P(O)(O)COC[C@H]1OC(c2cnc3c(NC4CCCC4)nc(Cl)nn23)[C@H](O)[C@@H]1O. The Morgan fingerprint density at radius 2 is 2.03 bits per heavy atom. The van der Waals surface area contributed by atoms with Crippen LogP contribution < -0.4 is 5.32 Å². The molecule has 4 atom stereocenters. The molecule has 2 fully saturated rings. The minimum atomic E-state index is -4.35. The molecule has 30 heavy (non-hydrogen) atoms. The highest BCUT2D eigenvalue weighted by molar-refractivity contribution is 7.51. The van der Waals surface area contributed by atoms with Gasteiger partial charge >= 0.3 is 7.60 Å². The molecule has 1 saturated carbocycles. The van der Waals surface area contributed by atoms with Crippen LogP contribution in [-0.2, 0) is 14.0 Å². The zero-order valence-corrected chi connectivity index (χ0v) is 17.5. The molecule has 166 valence electrons. The number of ether oxygens (including phenoxy) is 2. The standard InChI is InChI=1S/C16H23ClN5O7P/c17-16-20-14(19-8-3-1-2-4-8)15-18-5-9(22(15)21-16)13-12(24)11(23)10(29-13)6-28-7-30(25,26)27/h5,8,10-13,23-24H,1-4,6-7H2,(H,19,20,21)(H2,25,26,27)/t10-,11-,12-,13?/m1/s1. The number of rotatable bonds is 7. The van der Waals surface area contributed by atoms with Crippen LogP contribution in [0, 0.1) is 0 Å². The molecule has 1 aliphatic heterocycles. The maximum absolute atomic E-state index is 10.9. The average molecular weight is 464 g/mol. The predicted molar refractivity (Wildman–Crippen MR) is 104 cm³/mol. The average Bonchev–Trinajstić information content (AvgIpc) is 3.37. The summed E-state index contributed by atoms with van der Waals surface area (Å²) in [4.78, 5) is 26.3. The molecule has 2 aromatic heterocycles. The van der Waals surface area contributed by atoms with Gasteiger partial charge < -0.3 is 34.8 Å². The van der Waals surface area contributed by atoms with E-state index >= 15 is 0 Å². The fourth-order valence-corrected chi connectivity index (χ4v) is 4.35. The van der Waals surface area contributed by atoms with E-state index in [-0.39, 0.29) is 17.9 Å². The summed E-state index contributed by atoms with van der Waals surface area (Å²) in [5.41, 5.74) is 0.764. The maximum Gasteiger partial charge on any atom is 0.350 e. The van der Waals surface area contributed by atoms with E-state index in [1.807, 2.05) is 0 Å². The Balaban J connectivity index is 1.55. The largest absolute Gasteiger partial charge is 0.387 e. The van der Waals surface area contributed by atoms with Gasteiger partial charge in [0.25, 0.3) is 0 Å². The molecule has 1 unspecified atom stereocenters. The molecule has 3 heterocycles. The van der Waals surface area contributed by atoms with Gasteiger partial charge in [-0.15, -0.1) is 5.10 Å². The van der Waals surface area contributed by atoms with Crippen molar-refractivity contribution in [1.29, 1.82) is 0 Å². The van der Waals surface area contributed by atoms with Crippen LogP contribution in [0.1, 0.15) is 37.5 Å². The summed E-state index contributed by atoms with van der Waals surface area (Å²) >= 11 is 6.09. The Morgan fingerprint density at radius 3 is 2.73 bits per heavy atom. The van der Waals surface area contributed by atoms with Gasteiger partial charge in [-0.1, -0.05) is 12.8 Å². The molecule has 14 heteroatoms. The molecule has 0 aromatic carbocycles. The van der Waals surface area contributed by atoms with Crippen LogP contribution in [0.15, 0.2) is 6.20 Å². The number of hydrogen-bond donors (Lipinski definition) is 5. The Bertz CT molecular complexity index is 949. The number of nitrogens with one attached hydrogen (secondary N) is 1. The molecule has 2 aromatic rings. The highest BCUT2D eigenvalue weighted by Crippen LogP contribution is 2.37. The number of halogens is 1. The second-order valence-electron chi connectivity index (χ2n) is 7.51. The zero-order chi connectivity index (χ0) is 21.5. The minimum absolute atomic E-state index is 0.0168. The lowest BCUT2D eigenvalue weighted by Crippen LogP contribution is -2.33. The summed E-state index contributed by atoms with van der Waals surface area (Å²) < 4.78 is 22.9. The van der Waals surface area contributed by atoms with Crippen molar-refractivity contribution in [2.45, 2.75) is 56.1 Å². The van der Waals surface area contributed by atoms with Crippen LogP contribution in [0.3, 0.4) is 0 Å². The molecule has 12 nitrogen and oxygen atoms in total. The third-order valence-corrected chi connectivity index (χ3v) is 5.93. The smallest absolute Gasteiger partial charge is 0.350 e. The Morgan fingerprint density at radius 1 is 1.30 bits per heavy atom.